The van der Waals surface area contributed by atoms with E-state index in [1.54, 1.807) is 6.20 Å². The minimum Gasteiger partial charge on any atom is -0.349 e. The molecule has 5 heteroatoms. The van der Waals surface area contributed by atoms with Crippen LogP contribution in [0.3, 0.4) is 0 Å². The van der Waals surface area contributed by atoms with Crippen molar-refractivity contribution in [2.24, 2.45) is 0 Å². The first kappa shape index (κ1) is 16.4. The summed E-state index contributed by atoms with van der Waals surface area (Å²) in [5.41, 5.74) is 4.29. The van der Waals surface area contributed by atoms with Gasteiger partial charge in [-0.25, -0.2) is 4.98 Å². The van der Waals surface area contributed by atoms with Gasteiger partial charge in [-0.2, -0.15) is 0 Å². The Labute approximate surface area is 131 Å². The Kier molecular flexibility index (Phi) is 5.44. The number of aromatic nitrogens is 2. The normalized spacial score (nSPS) is 11.1. The Morgan fingerprint density at radius 2 is 1.77 bits per heavy atom. The highest BCUT2D eigenvalue weighted by Gasteiger charge is 2.10. The van der Waals surface area contributed by atoms with E-state index in [9.17, 15) is 4.79 Å². The number of carbonyl (C=O) groups excluding carboxylic acids is 1. The number of benzene rings is 1. The number of carbonyl (C=O) groups is 1. The van der Waals surface area contributed by atoms with Crippen LogP contribution in [0, 0.1) is 13.8 Å². The molecule has 0 fully saturated rings. The molecule has 0 spiro atoms. The van der Waals surface area contributed by atoms with E-state index < -0.39 is 0 Å². The lowest BCUT2D eigenvalue weighted by atomic mass is 10.1. The van der Waals surface area contributed by atoms with E-state index in [2.05, 4.69) is 34.0 Å². The molecule has 0 aliphatic heterocycles. The average Bonchev–Trinajstić information content (AvgIpc) is 2.52. The van der Waals surface area contributed by atoms with Gasteiger partial charge < -0.3 is 10.2 Å². The van der Waals surface area contributed by atoms with Gasteiger partial charge in [0.2, 0.25) is 0 Å². The van der Waals surface area contributed by atoms with Gasteiger partial charge in [-0.1, -0.05) is 13.8 Å². The molecule has 2 rings (SSSR count). The number of fused-ring (bicyclic) bond motifs is 1. The monoisotopic (exact) mass is 300 g/mol. The minimum absolute atomic E-state index is 0.167. The molecule has 118 valence electrons. The van der Waals surface area contributed by atoms with Crippen LogP contribution in [0.5, 0.6) is 0 Å². The van der Waals surface area contributed by atoms with Gasteiger partial charge in [0.25, 0.3) is 5.91 Å². The van der Waals surface area contributed by atoms with Crippen LogP contribution >= 0.6 is 0 Å². The Bertz CT molecular complexity index is 665. The first-order valence-corrected chi connectivity index (χ1v) is 7.79. The van der Waals surface area contributed by atoms with E-state index in [0.29, 0.717) is 12.2 Å². The van der Waals surface area contributed by atoms with Gasteiger partial charge in [-0.05, 0) is 50.2 Å². The van der Waals surface area contributed by atoms with E-state index >= 15 is 0 Å². The lowest BCUT2D eigenvalue weighted by Crippen LogP contribution is -2.35. The minimum atomic E-state index is -0.167. The number of likely N-dealkylation sites (N-methyl/N-ethyl adjacent to an activating group) is 1. The summed E-state index contributed by atoms with van der Waals surface area (Å²) in [6.07, 6.45) is 1.55. The summed E-state index contributed by atoms with van der Waals surface area (Å²) in [6, 6.07) is 3.98. The topological polar surface area (TPSA) is 58.1 Å². The van der Waals surface area contributed by atoms with Crippen molar-refractivity contribution in [3.63, 3.8) is 0 Å². The van der Waals surface area contributed by atoms with E-state index in [1.807, 2.05) is 26.0 Å². The first-order chi connectivity index (χ1) is 10.5. The van der Waals surface area contributed by atoms with Crippen LogP contribution in [0.2, 0.25) is 0 Å². The third kappa shape index (κ3) is 3.80. The quantitative estimate of drug-likeness (QED) is 0.889. The zero-order valence-electron chi connectivity index (χ0n) is 13.8. The number of amides is 1. The Hall–Kier alpha value is -2.01. The predicted octanol–water partition coefficient (Wildman–Crippen LogP) is 2.32. The molecule has 0 radical (unpaired) electrons. The molecule has 0 atom stereocenters. The van der Waals surface area contributed by atoms with Crippen molar-refractivity contribution >= 4 is 16.9 Å². The summed E-state index contributed by atoms with van der Waals surface area (Å²) < 4.78 is 0. The zero-order valence-corrected chi connectivity index (χ0v) is 13.8. The number of nitrogens with one attached hydrogen (secondary N) is 1. The Balaban J connectivity index is 2.07. The number of rotatable bonds is 6. The highest BCUT2D eigenvalue weighted by atomic mass is 16.1. The van der Waals surface area contributed by atoms with Crippen LogP contribution in [-0.2, 0) is 0 Å². The maximum absolute atomic E-state index is 12.2. The molecule has 0 saturated heterocycles. The van der Waals surface area contributed by atoms with Crippen LogP contribution in [-0.4, -0.2) is 47.0 Å². The van der Waals surface area contributed by atoms with Crippen molar-refractivity contribution in [3.8, 4) is 0 Å². The summed E-state index contributed by atoms with van der Waals surface area (Å²) in [4.78, 5) is 23.2. The molecule has 22 heavy (non-hydrogen) atoms. The lowest BCUT2D eigenvalue weighted by molar-refractivity contribution is 0.0944. The number of nitrogens with zero attached hydrogens (tertiary/aromatic N) is 3. The molecule has 0 aliphatic rings. The molecule has 1 aromatic heterocycles. The molecule has 1 amide bonds. The van der Waals surface area contributed by atoms with Crippen LogP contribution in [0.15, 0.2) is 18.3 Å². The van der Waals surface area contributed by atoms with Gasteiger partial charge in [0.05, 0.1) is 17.2 Å². The fourth-order valence-electron chi connectivity index (χ4n) is 2.34. The van der Waals surface area contributed by atoms with Gasteiger partial charge in [0.1, 0.15) is 5.69 Å². The molecule has 5 nitrogen and oxygen atoms in total. The van der Waals surface area contributed by atoms with Crippen LogP contribution in [0.4, 0.5) is 0 Å². The maximum atomic E-state index is 12.2. The number of aryl methyl sites for hydroxylation is 2. The smallest absolute Gasteiger partial charge is 0.271 e. The summed E-state index contributed by atoms with van der Waals surface area (Å²) in [5.74, 6) is -0.167. The highest BCUT2D eigenvalue weighted by Crippen LogP contribution is 2.15. The second kappa shape index (κ2) is 7.31. The molecule has 0 bridgehead atoms. The second-order valence-corrected chi connectivity index (χ2v) is 5.46. The average molecular weight is 300 g/mol. The molecule has 0 aliphatic carbocycles. The lowest BCUT2D eigenvalue weighted by Gasteiger charge is -2.17. The zero-order chi connectivity index (χ0) is 16.1. The molecule has 1 aromatic carbocycles. The van der Waals surface area contributed by atoms with Crippen molar-refractivity contribution in [2.45, 2.75) is 27.7 Å². The van der Waals surface area contributed by atoms with Gasteiger partial charge in [0.15, 0.2) is 0 Å². The summed E-state index contributed by atoms with van der Waals surface area (Å²) >= 11 is 0. The maximum Gasteiger partial charge on any atom is 0.271 e. The molecule has 0 saturated carbocycles. The first-order valence-electron chi connectivity index (χ1n) is 7.79. The van der Waals surface area contributed by atoms with Crippen molar-refractivity contribution in [2.75, 3.05) is 26.2 Å². The SMILES string of the molecule is CCN(CC)CCNC(=O)c1cnc2cc(C)c(C)cc2n1. The fraction of sp³-hybridized carbons (Fsp3) is 0.471. The molecular formula is C17H24N4O. The van der Waals surface area contributed by atoms with Crippen molar-refractivity contribution in [1.29, 1.82) is 0 Å². The molecule has 0 unspecified atom stereocenters. The van der Waals surface area contributed by atoms with Gasteiger partial charge >= 0.3 is 0 Å². The van der Waals surface area contributed by atoms with Crippen LogP contribution in [0.25, 0.3) is 11.0 Å². The van der Waals surface area contributed by atoms with Gasteiger partial charge in [0, 0.05) is 13.1 Å². The molecule has 2 aromatic rings. The standard InChI is InChI=1S/C17H24N4O/c1-5-21(6-2)8-7-18-17(22)16-11-19-14-9-12(3)13(4)10-15(14)20-16/h9-11H,5-8H2,1-4H3,(H,18,22). The van der Waals surface area contributed by atoms with Crippen molar-refractivity contribution in [3.05, 3.63) is 35.2 Å². The largest absolute Gasteiger partial charge is 0.349 e. The molecule has 1 N–H and O–H groups in total. The summed E-state index contributed by atoms with van der Waals surface area (Å²) in [6.45, 7) is 11.7. The molecule has 1 heterocycles. The second-order valence-electron chi connectivity index (χ2n) is 5.46. The summed E-state index contributed by atoms with van der Waals surface area (Å²) in [5, 5.41) is 2.91. The molecular weight excluding hydrogens is 276 g/mol. The fourth-order valence-corrected chi connectivity index (χ4v) is 2.34. The predicted molar refractivity (Wildman–Crippen MR) is 89.1 cm³/mol. The van der Waals surface area contributed by atoms with Crippen molar-refractivity contribution < 1.29 is 4.79 Å². The number of hydrogen-bond donors (Lipinski definition) is 1. The van der Waals surface area contributed by atoms with Crippen LogP contribution in [0.1, 0.15) is 35.5 Å². The van der Waals surface area contributed by atoms with Gasteiger partial charge in [-0.3, -0.25) is 9.78 Å². The van der Waals surface area contributed by atoms with Crippen molar-refractivity contribution in [1.82, 2.24) is 20.2 Å². The third-order valence-corrected chi connectivity index (χ3v) is 4.00. The Morgan fingerprint density at radius 3 is 2.41 bits per heavy atom. The van der Waals surface area contributed by atoms with Crippen LogP contribution < -0.4 is 5.32 Å². The van der Waals surface area contributed by atoms with Gasteiger partial charge in [-0.15, -0.1) is 0 Å². The Morgan fingerprint density at radius 1 is 1.14 bits per heavy atom. The number of hydrogen-bond acceptors (Lipinski definition) is 4. The third-order valence-electron chi connectivity index (χ3n) is 4.00. The summed E-state index contributed by atoms with van der Waals surface area (Å²) in [7, 11) is 0. The van der Waals surface area contributed by atoms with E-state index in [4.69, 9.17) is 0 Å². The highest BCUT2D eigenvalue weighted by molar-refractivity contribution is 5.93. The van der Waals surface area contributed by atoms with E-state index in [0.717, 1.165) is 36.2 Å². The van der Waals surface area contributed by atoms with E-state index in [1.165, 1.54) is 5.56 Å². The van der Waals surface area contributed by atoms with E-state index in [-0.39, 0.29) is 5.91 Å².